The van der Waals surface area contributed by atoms with Gasteiger partial charge in [-0.15, -0.1) is 0 Å². The van der Waals surface area contributed by atoms with Gasteiger partial charge in [-0.25, -0.2) is 0 Å². The monoisotopic (exact) mass is 403 g/mol. The van der Waals surface area contributed by atoms with Crippen molar-refractivity contribution in [2.75, 3.05) is 6.54 Å². The van der Waals surface area contributed by atoms with Gasteiger partial charge < -0.3 is 9.42 Å². The fourth-order valence-corrected chi connectivity index (χ4v) is 4.06. The van der Waals surface area contributed by atoms with Gasteiger partial charge in [0.05, 0.1) is 0 Å². The van der Waals surface area contributed by atoms with E-state index in [2.05, 4.69) is 10.1 Å². The quantitative estimate of drug-likeness (QED) is 0.452. The first-order valence-corrected chi connectivity index (χ1v) is 9.96. The largest absolute Gasteiger partial charge is 0.337 e. The summed E-state index contributed by atoms with van der Waals surface area (Å²) in [5, 5.41) is 6.88. The zero-order valence-electron chi connectivity index (χ0n) is 15.6. The number of likely N-dealkylation sites (tertiary alicyclic amines) is 1. The summed E-state index contributed by atoms with van der Waals surface area (Å²) >= 11 is 6.06. The number of rotatable bonds is 3. The van der Waals surface area contributed by atoms with E-state index in [1.54, 1.807) is 12.1 Å². The van der Waals surface area contributed by atoms with Gasteiger partial charge in [0.2, 0.25) is 11.7 Å². The lowest BCUT2D eigenvalue weighted by Gasteiger charge is -2.22. The number of carbonyl (C=O) groups is 1. The Labute approximate surface area is 172 Å². The number of fused-ring (bicyclic) bond motifs is 1. The minimum absolute atomic E-state index is 0.0132. The van der Waals surface area contributed by atoms with E-state index in [0.29, 0.717) is 28.8 Å². The number of halogens is 1. The summed E-state index contributed by atoms with van der Waals surface area (Å²) in [5.41, 5.74) is 1.46. The number of benzene rings is 3. The molecule has 4 aromatic rings. The second kappa shape index (κ2) is 7.33. The molecular formula is C23H18ClN3O2. The summed E-state index contributed by atoms with van der Waals surface area (Å²) in [6, 6.07) is 20.9. The van der Waals surface area contributed by atoms with Gasteiger partial charge >= 0.3 is 0 Å². The van der Waals surface area contributed by atoms with Crippen LogP contribution in [-0.4, -0.2) is 27.5 Å². The van der Waals surface area contributed by atoms with Crippen LogP contribution >= 0.6 is 11.6 Å². The van der Waals surface area contributed by atoms with Gasteiger partial charge in [0, 0.05) is 22.7 Å². The zero-order chi connectivity index (χ0) is 19.8. The number of carbonyl (C=O) groups excluding carboxylic acids is 1. The molecule has 0 N–H and O–H groups in total. The van der Waals surface area contributed by atoms with Crippen LogP contribution in [0.4, 0.5) is 0 Å². The second-order valence-electron chi connectivity index (χ2n) is 7.19. The number of aromatic nitrogens is 2. The predicted octanol–water partition coefficient (Wildman–Crippen LogP) is 5.52. The van der Waals surface area contributed by atoms with E-state index in [1.165, 1.54) is 0 Å². The van der Waals surface area contributed by atoms with E-state index < -0.39 is 0 Å². The molecule has 0 radical (unpaired) electrons. The highest BCUT2D eigenvalue weighted by Crippen LogP contribution is 2.34. The molecule has 0 spiro atoms. The summed E-state index contributed by atoms with van der Waals surface area (Å²) in [4.78, 5) is 19.6. The van der Waals surface area contributed by atoms with E-state index in [-0.39, 0.29) is 11.9 Å². The normalized spacial score (nSPS) is 16.4. The minimum atomic E-state index is -0.214. The van der Waals surface area contributed by atoms with Crippen molar-refractivity contribution in [2.45, 2.75) is 18.9 Å². The van der Waals surface area contributed by atoms with Gasteiger partial charge in [0.25, 0.3) is 5.91 Å². The number of hydrogen-bond donors (Lipinski definition) is 0. The summed E-state index contributed by atoms with van der Waals surface area (Å²) in [5.74, 6) is 0.930. The highest BCUT2D eigenvalue weighted by atomic mass is 35.5. The molecule has 1 atom stereocenters. The molecule has 2 heterocycles. The first kappa shape index (κ1) is 17.9. The van der Waals surface area contributed by atoms with Crippen LogP contribution in [0.15, 0.2) is 71.3 Å². The van der Waals surface area contributed by atoms with Crippen molar-refractivity contribution in [3.8, 4) is 11.4 Å². The van der Waals surface area contributed by atoms with Crippen LogP contribution in [0.25, 0.3) is 22.2 Å². The van der Waals surface area contributed by atoms with Gasteiger partial charge in [0.1, 0.15) is 6.04 Å². The van der Waals surface area contributed by atoms with Gasteiger partial charge in [-0.3, -0.25) is 4.79 Å². The van der Waals surface area contributed by atoms with Crippen molar-refractivity contribution in [1.82, 2.24) is 15.0 Å². The summed E-state index contributed by atoms with van der Waals surface area (Å²) < 4.78 is 5.53. The third kappa shape index (κ3) is 3.38. The molecule has 1 fully saturated rings. The van der Waals surface area contributed by atoms with E-state index in [0.717, 1.165) is 29.2 Å². The number of hydrogen-bond acceptors (Lipinski definition) is 4. The third-order valence-corrected chi connectivity index (χ3v) is 5.55. The molecule has 5 rings (SSSR count). The van der Waals surface area contributed by atoms with Crippen molar-refractivity contribution in [3.05, 3.63) is 83.2 Å². The van der Waals surface area contributed by atoms with Gasteiger partial charge in [-0.2, -0.15) is 4.98 Å². The molecule has 29 heavy (non-hydrogen) atoms. The van der Waals surface area contributed by atoms with E-state index in [1.807, 2.05) is 59.5 Å². The Balaban J connectivity index is 1.43. The van der Waals surface area contributed by atoms with E-state index in [4.69, 9.17) is 16.1 Å². The van der Waals surface area contributed by atoms with Crippen LogP contribution in [0.1, 0.15) is 35.1 Å². The molecule has 5 nitrogen and oxygen atoms in total. The Kier molecular flexibility index (Phi) is 4.52. The smallest absolute Gasteiger partial charge is 0.254 e. The van der Waals surface area contributed by atoms with Crippen molar-refractivity contribution >= 4 is 28.3 Å². The third-order valence-electron chi connectivity index (χ3n) is 5.32. The summed E-state index contributed by atoms with van der Waals surface area (Å²) in [6.07, 6.45) is 1.70. The first-order chi connectivity index (χ1) is 14.2. The molecule has 3 aromatic carbocycles. The highest BCUT2D eigenvalue weighted by Gasteiger charge is 2.34. The maximum atomic E-state index is 13.2. The Hall–Kier alpha value is -3.18. The topological polar surface area (TPSA) is 59.2 Å². The molecule has 0 aliphatic carbocycles. The highest BCUT2D eigenvalue weighted by molar-refractivity contribution is 6.30. The molecule has 6 heteroatoms. The molecule has 144 valence electrons. The predicted molar refractivity (Wildman–Crippen MR) is 112 cm³/mol. The van der Waals surface area contributed by atoms with Crippen LogP contribution in [-0.2, 0) is 0 Å². The SMILES string of the molecule is O=C(c1ccc2ccccc2c1)N1CCCC1c1nc(-c2cccc(Cl)c2)no1. The Morgan fingerprint density at radius 1 is 1.03 bits per heavy atom. The standard InChI is InChI=1S/C23H18ClN3O2/c24-19-8-3-7-17(14-19)21-25-22(29-26-21)20-9-4-12-27(20)23(28)18-11-10-15-5-1-2-6-16(15)13-18/h1-3,5-8,10-11,13-14,20H,4,9,12H2. The van der Waals surface area contributed by atoms with Crippen molar-refractivity contribution in [3.63, 3.8) is 0 Å². The fraction of sp³-hybridized carbons (Fsp3) is 0.174. The second-order valence-corrected chi connectivity index (χ2v) is 7.62. The molecule has 1 saturated heterocycles. The fourth-order valence-electron chi connectivity index (χ4n) is 3.87. The van der Waals surface area contributed by atoms with Gasteiger partial charge in [0.15, 0.2) is 0 Å². The number of nitrogens with zero attached hydrogens (tertiary/aromatic N) is 3. The number of amides is 1. The van der Waals surface area contributed by atoms with Crippen LogP contribution in [0.5, 0.6) is 0 Å². The first-order valence-electron chi connectivity index (χ1n) is 9.58. The molecule has 0 bridgehead atoms. The summed E-state index contributed by atoms with van der Waals surface area (Å²) in [6.45, 7) is 0.672. The van der Waals surface area contributed by atoms with Crippen molar-refractivity contribution in [2.24, 2.45) is 0 Å². The lowest BCUT2D eigenvalue weighted by atomic mass is 10.1. The maximum absolute atomic E-state index is 13.2. The van der Waals surface area contributed by atoms with Crippen LogP contribution in [0, 0.1) is 0 Å². The minimum Gasteiger partial charge on any atom is -0.337 e. The lowest BCUT2D eigenvalue weighted by Crippen LogP contribution is -2.30. The average Bonchev–Trinajstić information content (AvgIpc) is 3.42. The molecule has 1 amide bonds. The average molecular weight is 404 g/mol. The Bertz CT molecular complexity index is 1200. The summed E-state index contributed by atoms with van der Waals surface area (Å²) in [7, 11) is 0. The molecule has 1 aromatic heterocycles. The molecule has 1 unspecified atom stereocenters. The molecule has 1 aliphatic rings. The van der Waals surface area contributed by atoms with Gasteiger partial charge in [-0.05, 0) is 47.9 Å². The van der Waals surface area contributed by atoms with Crippen molar-refractivity contribution in [1.29, 1.82) is 0 Å². The Morgan fingerprint density at radius 3 is 2.76 bits per heavy atom. The molecule has 1 aliphatic heterocycles. The van der Waals surface area contributed by atoms with E-state index >= 15 is 0 Å². The maximum Gasteiger partial charge on any atom is 0.254 e. The van der Waals surface area contributed by atoms with Crippen LogP contribution in [0.3, 0.4) is 0 Å². The molecule has 0 saturated carbocycles. The molecular weight excluding hydrogens is 386 g/mol. The van der Waals surface area contributed by atoms with Crippen molar-refractivity contribution < 1.29 is 9.32 Å². The van der Waals surface area contributed by atoms with Gasteiger partial charge in [-0.1, -0.05) is 59.2 Å². The van der Waals surface area contributed by atoms with E-state index in [9.17, 15) is 4.79 Å². The lowest BCUT2D eigenvalue weighted by molar-refractivity contribution is 0.0710. The van der Waals surface area contributed by atoms with Crippen LogP contribution in [0.2, 0.25) is 5.02 Å². The van der Waals surface area contributed by atoms with Crippen LogP contribution < -0.4 is 0 Å². The zero-order valence-corrected chi connectivity index (χ0v) is 16.3. The Morgan fingerprint density at radius 2 is 1.90 bits per heavy atom.